The first-order chi connectivity index (χ1) is 26.1. The molecular weight excluding hydrogens is 649 g/mol. The number of nitrogens with zero attached hydrogens (tertiary/aromatic N) is 6. The number of fused-ring (bicyclic) bond motifs is 1. The topological polar surface area (TPSA) is 68.9 Å². The van der Waals surface area contributed by atoms with E-state index in [9.17, 15) is 0 Å². The molecular formula is C47H34N6. The number of aryl methyl sites for hydroxylation is 2. The summed E-state index contributed by atoms with van der Waals surface area (Å²) in [5.74, 6) is 1.87. The van der Waals surface area contributed by atoms with Crippen LogP contribution in [0, 0.1) is 13.8 Å². The fourth-order valence-corrected chi connectivity index (χ4v) is 6.92. The van der Waals surface area contributed by atoms with Gasteiger partial charge in [0.25, 0.3) is 0 Å². The summed E-state index contributed by atoms with van der Waals surface area (Å²) in [7, 11) is 0. The highest BCUT2D eigenvalue weighted by Gasteiger charge is 2.18. The Hall–Kier alpha value is -7.05. The zero-order valence-corrected chi connectivity index (χ0v) is 29.3. The molecule has 0 aliphatic rings. The Morgan fingerprint density at radius 1 is 0.340 bits per heavy atom. The standard InChI is InChI=1S/C47H34N6/c1-31-26-38(27-32(2)48-31)40-28-39(29-41(30-40)47-51-45(36-16-8-4-9-17-36)50-46(52-47)37-18-10-5-11-19-37)33-21-23-35(24-22-33)44-43(34-14-6-3-7-15-34)49-42-20-12-13-25-53(42)44/h3-30H,1-2H3. The molecule has 0 saturated carbocycles. The molecule has 5 aromatic carbocycles. The lowest BCUT2D eigenvalue weighted by Gasteiger charge is -2.13. The van der Waals surface area contributed by atoms with Crippen molar-refractivity contribution in [2.24, 2.45) is 0 Å². The van der Waals surface area contributed by atoms with E-state index in [1.165, 1.54) is 0 Å². The molecule has 0 atom stereocenters. The van der Waals surface area contributed by atoms with Crippen LogP contribution in [-0.2, 0) is 0 Å². The van der Waals surface area contributed by atoms with E-state index < -0.39 is 0 Å². The molecule has 252 valence electrons. The van der Waals surface area contributed by atoms with Gasteiger partial charge in [-0.15, -0.1) is 0 Å². The van der Waals surface area contributed by atoms with Crippen LogP contribution in [0.3, 0.4) is 0 Å². The molecule has 6 heteroatoms. The third-order valence-corrected chi connectivity index (χ3v) is 9.37. The molecule has 9 aromatic rings. The molecule has 0 aliphatic carbocycles. The van der Waals surface area contributed by atoms with Gasteiger partial charge in [0, 0.05) is 45.4 Å². The fraction of sp³-hybridized carbons (Fsp3) is 0.0426. The van der Waals surface area contributed by atoms with Crippen LogP contribution < -0.4 is 0 Å². The van der Waals surface area contributed by atoms with Crippen molar-refractivity contribution in [2.75, 3.05) is 0 Å². The lowest BCUT2D eigenvalue weighted by molar-refractivity contribution is 1.07. The van der Waals surface area contributed by atoms with Crippen LogP contribution in [0.5, 0.6) is 0 Å². The Morgan fingerprint density at radius 2 is 0.792 bits per heavy atom. The molecule has 0 fully saturated rings. The molecule has 4 heterocycles. The summed E-state index contributed by atoms with van der Waals surface area (Å²) in [4.78, 5) is 24.8. The van der Waals surface area contributed by atoms with E-state index in [-0.39, 0.29) is 0 Å². The predicted molar refractivity (Wildman–Crippen MR) is 214 cm³/mol. The summed E-state index contributed by atoms with van der Waals surface area (Å²) in [5, 5.41) is 0. The Morgan fingerprint density at radius 3 is 1.38 bits per heavy atom. The van der Waals surface area contributed by atoms with Gasteiger partial charge in [0.05, 0.1) is 11.4 Å². The molecule has 0 bridgehead atoms. The third kappa shape index (κ3) is 6.39. The highest BCUT2D eigenvalue weighted by Crippen LogP contribution is 2.37. The monoisotopic (exact) mass is 682 g/mol. The van der Waals surface area contributed by atoms with E-state index in [1.807, 2.05) is 98.8 Å². The smallest absolute Gasteiger partial charge is 0.164 e. The van der Waals surface area contributed by atoms with Crippen LogP contribution in [0.15, 0.2) is 170 Å². The molecule has 0 saturated heterocycles. The fourth-order valence-electron chi connectivity index (χ4n) is 6.92. The summed E-state index contributed by atoms with van der Waals surface area (Å²) in [6.07, 6.45) is 2.08. The molecule has 0 unspecified atom stereocenters. The maximum atomic E-state index is 5.08. The number of aromatic nitrogens is 6. The first-order valence-corrected chi connectivity index (χ1v) is 17.7. The first kappa shape index (κ1) is 31.9. The lowest BCUT2D eigenvalue weighted by atomic mass is 9.94. The lowest BCUT2D eigenvalue weighted by Crippen LogP contribution is -2.00. The van der Waals surface area contributed by atoms with E-state index in [0.29, 0.717) is 17.5 Å². The van der Waals surface area contributed by atoms with E-state index in [1.54, 1.807) is 0 Å². The highest BCUT2D eigenvalue weighted by atomic mass is 15.0. The van der Waals surface area contributed by atoms with Crippen molar-refractivity contribution in [3.8, 4) is 78.9 Å². The van der Waals surface area contributed by atoms with E-state index >= 15 is 0 Å². The van der Waals surface area contributed by atoms with Crippen molar-refractivity contribution < 1.29 is 0 Å². The van der Waals surface area contributed by atoms with Crippen LogP contribution in [0.2, 0.25) is 0 Å². The summed E-state index contributed by atoms with van der Waals surface area (Å²) in [5.41, 5.74) is 14.1. The van der Waals surface area contributed by atoms with Crippen LogP contribution in [0.4, 0.5) is 0 Å². The molecule has 0 aliphatic heterocycles. The summed E-state index contributed by atoms with van der Waals surface area (Å²) in [6.45, 7) is 4.07. The maximum absolute atomic E-state index is 5.08. The number of hydrogen-bond donors (Lipinski definition) is 0. The van der Waals surface area contributed by atoms with E-state index in [2.05, 4.69) is 94.4 Å². The second-order valence-corrected chi connectivity index (χ2v) is 13.2. The van der Waals surface area contributed by atoms with Gasteiger partial charge in [-0.25, -0.2) is 19.9 Å². The summed E-state index contributed by atoms with van der Waals surface area (Å²) in [6, 6.07) is 56.3. The molecule has 0 N–H and O–H groups in total. The van der Waals surface area contributed by atoms with Gasteiger partial charge >= 0.3 is 0 Å². The number of rotatable bonds is 7. The van der Waals surface area contributed by atoms with Gasteiger partial charge < -0.3 is 0 Å². The van der Waals surface area contributed by atoms with Gasteiger partial charge in [-0.1, -0.05) is 121 Å². The predicted octanol–water partition coefficient (Wildman–Crippen LogP) is 11.2. The molecule has 6 nitrogen and oxygen atoms in total. The number of pyridine rings is 2. The number of hydrogen-bond acceptors (Lipinski definition) is 5. The van der Waals surface area contributed by atoms with Gasteiger partial charge in [-0.05, 0) is 78.6 Å². The Labute approximate surface area is 308 Å². The van der Waals surface area contributed by atoms with E-state index in [0.717, 1.165) is 78.5 Å². The SMILES string of the molecule is Cc1cc(-c2cc(-c3ccc(-c4c(-c5ccccc5)nc5ccccn45)cc3)cc(-c3nc(-c4ccccc4)nc(-c4ccccc4)n3)c2)cc(C)n1. The molecule has 9 rings (SSSR count). The zero-order chi connectivity index (χ0) is 35.7. The van der Waals surface area contributed by atoms with Crippen molar-refractivity contribution >= 4 is 5.65 Å². The summed E-state index contributed by atoms with van der Waals surface area (Å²) < 4.78 is 2.17. The highest BCUT2D eigenvalue weighted by molar-refractivity contribution is 5.85. The van der Waals surface area contributed by atoms with Crippen molar-refractivity contribution in [2.45, 2.75) is 13.8 Å². The normalized spacial score (nSPS) is 11.2. The van der Waals surface area contributed by atoms with Gasteiger partial charge in [0.2, 0.25) is 0 Å². The molecule has 0 spiro atoms. The van der Waals surface area contributed by atoms with Crippen molar-refractivity contribution in [1.82, 2.24) is 29.3 Å². The Bertz CT molecular complexity index is 2640. The van der Waals surface area contributed by atoms with Crippen molar-refractivity contribution in [1.29, 1.82) is 0 Å². The average Bonchev–Trinajstić information content (AvgIpc) is 3.61. The minimum absolute atomic E-state index is 0.609. The Kier molecular flexibility index (Phi) is 8.18. The minimum Gasteiger partial charge on any atom is -0.299 e. The summed E-state index contributed by atoms with van der Waals surface area (Å²) >= 11 is 0. The van der Waals surface area contributed by atoms with Crippen LogP contribution in [0.1, 0.15) is 11.4 Å². The van der Waals surface area contributed by atoms with Crippen molar-refractivity contribution in [3.63, 3.8) is 0 Å². The second-order valence-electron chi connectivity index (χ2n) is 13.2. The Balaban J connectivity index is 1.21. The average molecular weight is 683 g/mol. The molecule has 0 amide bonds. The van der Waals surface area contributed by atoms with Gasteiger partial charge in [0.1, 0.15) is 5.65 Å². The van der Waals surface area contributed by atoms with Gasteiger partial charge in [-0.2, -0.15) is 0 Å². The van der Waals surface area contributed by atoms with Crippen LogP contribution in [0.25, 0.3) is 84.6 Å². The zero-order valence-electron chi connectivity index (χ0n) is 29.3. The third-order valence-electron chi connectivity index (χ3n) is 9.37. The molecule has 0 radical (unpaired) electrons. The first-order valence-electron chi connectivity index (χ1n) is 17.7. The van der Waals surface area contributed by atoms with Crippen molar-refractivity contribution in [3.05, 3.63) is 181 Å². The molecule has 4 aromatic heterocycles. The quantitative estimate of drug-likeness (QED) is 0.167. The largest absolute Gasteiger partial charge is 0.299 e. The molecule has 53 heavy (non-hydrogen) atoms. The maximum Gasteiger partial charge on any atom is 0.164 e. The number of benzene rings is 5. The van der Waals surface area contributed by atoms with Crippen LogP contribution >= 0.6 is 0 Å². The minimum atomic E-state index is 0.609. The number of imidazole rings is 1. The second kappa shape index (κ2) is 13.6. The van der Waals surface area contributed by atoms with Crippen LogP contribution in [-0.4, -0.2) is 29.3 Å². The van der Waals surface area contributed by atoms with Gasteiger partial charge in [0.15, 0.2) is 17.5 Å². The van der Waals surface area contributed by atoms with Gasteiger partial charge in [-0.3, -0.25) is 9.38 Å². The van der Waals surface area contributed by atoms with E-state index in [4.69, 9.17) is 19.9 Å².